The number of nitrogens with zero attached hydrogens (tertiary/aromatic N) is 12. The maximum absolute atomic E-state index is 9.33. The summed E-state index contributed by atoms with van der Waals surface area (Å²) in [5.41, 5.74) is 3.92. The van der Waals surface area contributed by atoms with E-state index in [9.17, 15) is 16.8 Å². The van der Waals surface area contributed by atoms with Crippen molar-refractivity contribution in [2.75, 3.05) is 52.2 Å². The Hall–Kier alpha value is -3.54. The molecule has 0 aliphatic heterocycles. The molecule has 2 N–H and O–H groups in total. The third-order valence-electron chi connectivity index (χ3n) is 5.67. The van der Waals surface area contributed by atoms with Crippen molar-refractivity contribution in [3.8, 4) is 0 Å². The summed E-state index contributed by atoms with van der Waals surface area (Å²) in [5.74, 6) is 1.40. The van der Waals surface area contributed by atoms with Crippen molar-refractivity contribution in [3.63, 3.8) is 0 Å². The van der Waals surface area contributed by atoms with E-state index in [1.165, 1.54) is 0 Å². The van der Waals surface area contributed by atoms with Gasteiger partial charge in [-0.25, -0.2) is 9.13 Å². The number of azo groups is 2. The van der Waals surface area contributed by atoms with Gasteiger partial charge in [-0.15, -0.1) is 9.36 Å². The van der Waals surface area contributed by atoms with E-state index in [1.54, 1.807) is 22.0 Å². The molecule has 51 heavy (non-hydrogen) atoms. The predicted octanol–water partition coefficient (Wildman–Crippen LogP) is 3.70. The molecule has 0 aliphatic rings. The van der Waals surface area contributed by atoms with Crippen LogP contribution < -0.4 is 18.9 Å². The number of benzene rings is 2. The second kappa shape index (κ2) is 23.8. The van der Waals surface area contributed by atoms with Gasteiger partial charge >= 0.3 is 67.2 Å². The SMILES string of the molecule is CN(C)c1ccc(N=Nc2n(C)nc[n+]2C)cc1.CN(C)c1ccc(N=Nc2n(C)nc[n+]2C)cc1.COS(=O)(=O)O.COS(=O)(=O)O.[Cl][Zn][Cl]. The van der Waals surface area contributed by atoms with Gasteiger partial charge in [-0.1, -0.05) is 10.2 Å². The zero-order valence-corrected chi connectivity index (χ0v) is 35.9. The summed E-state index contributed by atoms with van der Waals surface area (Å²) in [6.07, 6.45) is 3.40. The van der Waals surface area contributed by atoms with E-state index in [0.717, 1.165) is 37.0 Å². The van der Waals surface area contributed by atoms with E-state index in [2.05, 4.69) is 39.0 Å². The number of hydrogen-bond acceptors (Lipinski definition) is 14. The molecule has 4 rings (SSSR count). The number of aromatic nitrogens is 6. The third kappa shape index (κ3) is 20.8. The van der Waals surface area contributed by atoms with Crippen LogP contribution in [0.4, 0.5) is 34.6 Å². The normalized spacial score (nSPS) is 10.8. The summed E-state index contributed by atoms with van der Waals surface area (Å²) in [4.78, 5) is 4.09. The first-order valence-corrected chi connectivity index (χ1v) is 24.5. The molecule has 2 aromatic heterocycles. The second-order valence-corrected chi connectivity index (χ2v) is 16.8. The number of hydrogen-bond donors (Lipinski definition) is 2. The van der Waals surface area contributed by atoms with Crippen molar-refractivity contribution >= 4 is 74.8 Å². The van der Waals surface area contributed by atoms with Crippen LogP contribution in [0.2, 0.25) is 0 Å². The van der Waals surface area contributed by atoms with Crippen molar-refractivity contribution in [1.82, 2.24) is 19.6 Å². The van der Waals surface area contributed by atoms with Crippen LogP contribution in [-0.2, 0) is 72.5 Å². The van der Waals surface area contributed by atoms with E-state index in [-0.39, 0.29) is 0 Å². The predicted molar refractivity (Wildman–Crippen MR) is 187 cm³/mol. The van der Waals surface area contributed by atoms with Crippen molar-refractivity contribution in [2.45, 2.75) is 0 Å². The molecule has 2 heterocycles. The van der Waals surface area contributed by atoms with Crippen LogP contribution in [0.3, 0.4) is 0 Å². The molecule has 0 radical (unpaired) electrons. The van der Waals surface area contributed by atoms with Gasteiger partial charge in [0.1, 0.15) is 0 Å². The number of anilines is 2. The first-order valence-electron chi connectivity index (χ1n) is 14.0. The van der Waals surface area contributed by atoms with Gasteiger partial charge < -0.3 is 9.80 Å². The van der Waals surface area contributed by atoms with Crippen LogP contribution in [0.5, 0.6) is 0 Å². The Morgan fingerprint density at radius 1 is 0.667 bits per heavy atom. The van der Waals surface area contributed by atoms with Gasteiger partial charge in [-0.3, -0.25) is 17.5 Å². The Morgan fingerprint density at radius 3 is 1.10 bits per heavy atom. The molecule has 0 bridgehead atoms. The standard InChI is InChI=1S/2C12H17N6.2CH4O4S.2ClH.Zn/c2*1-16(2)11-7-5-10(6-8-11)14-15-12-17(3)9-13-18(12)4;2*1-5-6(2,3)4;;;/h2*5-9H,1-4H3;2*1H3,(H,2,3,4);2*1H;/q2*+1;;;;;+2/p-2. The topological polar surface area (TPSA) is 227 Å². The molecule has 0 saturated heterocycles. The average molecular weight is 851 g/mol. The molecular weight excluding hydrogens is 809 g/mol. The van der Waals surface area contributed by atoms with E-state index in [1.807, 2.05) is 124 Å². The minimum absolute atomic E-state index is 0.701. The zero-order valence-electron chi connectivity index (χ0n) is 29.8. The first kappa shape index (κ1) is 47.5. The third-order valence-corrected chi connectivity index (χ3v) is 6.51. The van der Waals surface area contributed by atoms with Crippen LogP contribution in [0.25, 0.3) is 0 Å². The van der Waals surface area contributed by atoms with Crippen molar-refractivity contribution < 1.29 is 58.6 Å². The van der Waals surface area contributed by atoms with Gasteiger partial charge in [0, 0.05) is 49.8 Å². The molecule has 4 aromatic rings. The quantitative estimate of drug-likeness (QED) is 0.112. The Balaban J connectivity index is 0.000000708. The van der Waals surface area contributed by atoms with Crippen LogP contribution >= 0.6 is 19.4 Å². The van der Waals surface area contributed by atoms with Crippen molar-refractivity contribution in [2.24, 2.45) is 48.6 Å². The second-order valence-electron chi connectivity index (χ2n) is 9.84. The number of halogens is 2. The van der Waals surface area contributed by atoms with Crippen LogP contribution in [0.15, 0.2) is 81.6 Å². The first-order chi connectivity index (χ1) is 23.7. The molecule has 20 nitrogen and oxygen atoms in total. The van der Waals surface area contributed by atoms with Crippen LogP contribution in [0.1, 0.15) is 0 Å². The molecule has 0 atom stereocenters. The van der Waals surface area contributed by atoms with Gasteiger partial charge in [0.15, 0.2) is 0 Å². The van der Waals surface area contributed by atoms with Gasteiger partial charge in [-0.2, -0.15) is 16.8 Å². The van der Waals surface area contributed by atoms with E-state index >= 15 is 0 Å². The van der Waals surface area contributed by atoms with Gasteiger partial charge in [0.05, 0.1) is 53.8 Å². The monoisotopic (exact) mass is 848 g/mol. The fourth-order valence-corrected chi connectivity index (χ4v) is 3.08. The molecule has 0 fully saturated rings. The Labute approximate surface area is 313 Å². The van der Waals surface area contributed by atoms with E-state index in [0.29, 0.717) is 11.9 Å². The van der Waals surface area contributed by atoms with Gasteiger partial charge in [0.2, 0.25) is 12.7 Å². The number of aryl methyl sites for hydroxylation is 4. The molecule has 25 heteroatoms. The zero-order chi connectivity index (χ0) is 39.4. The molecule has 0 unspecified atom stereocenters. The average Bonchev–Trinajstić information content (AvgIpc) is 3.57. The molecule has 280 valence electrons. The maximum atomic E-state index is 9.33. The summed E-state index contributed by atoms with van der Waals surface area (Å²) < 4.78 is 66.4. The van der Waals surface area contributed by atoms with E-state index in [4.69, 9.17) is 28.5 Å². The summed E-state index contributed by atoms with van der Waals surface area (Å²) in [6, 6.07) is 15.8. The fraction of sp³-hybridized carbons (Fsp3) is 0.385. The van der Waals surface area contributed by atoms with Gasteiger partial charge in [-0.05, 0) is 58.7 Å². The Kier molecular flexibility index (Phi) is 22.2. The summed E-state index contributed by atoms with van der Waals surface area (Å²) in [6.45, 7) is 0. The van der Waals surface area contributed by atoms with Gasteiger partial charge in [0.25, 0.3) is 0 Å². The minimum atomic E-state index is -4.16. The van der Waals surface area contributed by atoms with E-state index < -0.39 is 35.9 Å². The van der Waals surface area contributed by atoms with Crippen LogP contribution in [0, 0.1) is 0 Å². The molecule has 0 aliphatic carbocycles. The van der Waals surface area contributed by atoms with Crippen molar-refractivity contribution in [3.05, 3.63) is 61.2 Å². The Morgan fingerprint density at radius 2 is 0.922 bits per heavy atom. The fourth-order valence-electron chi connectivity index (χ4n) is 3.08. The Bertz CT molecular complexity index is 1700. The molecule has 0 spiro atoms. The van der Waals surface area contributed by atoms with Crippen LogP contribution in [-0.4, -0.2) is 87.9 Å². The number of rotatable bonds is 8. The molecule has 0 saturated carbocycles. The molecule has 0 amide bonds. The summed E-state index contributed by atoms with van der Waals surface area (Å²) in [5, 5.41) is 24.9. The summed E-state index contributed by atoms with van der Waals surface area (Å²) >= 11 is -0.931. The molecule has 2 aromatic carbocycles. The van der Waals surface area contributed by atoms with Crippen molar-refractivity contribution in [1.29, 1.82) is 0 Å². The molecular formula is C26H42Cl2N12O8S2Zn+2. The summed E-state index contributed by atoms with van der Waals surface area (Å²) in [7, 11) is 18.8.